The molecule has 112 valence electrons. The fourth-order valence-electron chi connectivity index (χ4n) is 2.61. The molecule has 0 amide bonds. The van der Waals surface area contributed by atoms with Gasteiger partial charge in [0, 0.05) is 11.1 Å². The Morgan fingerprint density at radius 2 is 1.73 bits per heavy atom. The van der Waals surface area contributed by atoms with E-state index < -0.39 is 0 Å². The van der Waals surface area contributed by atoms with Gasteiger partial charge >= 0.3 is 0 Å². The summed E-state index contributed by atoms with van der Waals surface area (Å²) in [5.41, 5.74) is 9.36. The lowest BCUT2D eigenvalue weighted by atomic mass is 10.1. The van der Waals surface area contributed by atoms with E-state index in [1.807, 2.05) is 43.3 Å². The van der Waals surface area contributed by atoms with Gasteiger partial charge in [-0.25, -0.2) is 9.07 Å². The molecule has 0 saturated carbocycles. The van der Waals surface area contributed by atoms with Gasteiger partial charge in [0.2, 0.25) is 0 Å². The van der Waals surface area contributed by atoms with Crippen molar-refractivity contribution in [2.45, 2.75) is 19.9 Å². The lowest BCUT2D eigenvalue weighted by Crippen LogP contribution is -2.06. The van der Waals surface area contributed by atoms with Gasteiger partial charge in [-0.15, -0.1) is 0 Å². The van der Waals surface area contributed by atoms with Crippen LogP contribution in [-0.4, -0.2) is 9.78 Å². The van der Waals surface area contributed by atoms with Crippen molar-refractivity contribution in [2.24, 2.45) is 0 Å². The van der Waals surface area contributed by atoms with Gasteiger partial charge in [0.1, 0.15) is 17.3 Å². The summed E-state index contributed by atoms with van der Waals surface area (Å²) < 4.78 is 15.8. The lowest BCUT2D eigenvalue weighted by Gasteiger charge is -2.04. The van der Waals surface area contributed by atoms with Crippen molar-refractivity contribution in [2.75, 3.05) is 5.73 Å². The van der Waals surface area contributed by atoms with Gasteiger partial charge in [0.25, 0.3) is 0 Å². The molecule has 0 bridgehead atoms. The van der Waals surface area contributed by atoms with Gasteiger partial charge < -0.3 is 5.73 Å². The summed E-state index contributed by atoms with van der Waals surface area (Å²) >= 11 is 0. The van der Waals surface area contributed by atoms with E-state index in [4.69, 9.17) is 5.73 Å². The Balaban J connectivity index is 2.06. The first-order chi connectivity index (χ1) is 10.7. The molecule has 3 nitrogen and oxygen atoms in total. The molecule has 3 rings (SSSR count). The third-order valence-electron chi connectivity index (χ3n) is 3.75. The molecule has 3 aromatic rings. The van der Waals surface area contributed by atoms with Crippen LogP contribution in [0.25, 0.3) is 11.3 Å². The van der Waals surface area contributed by atoms with Gasteiger partial charge in [0.05, 0.1) is 6.54 Å². The topological polar surface area (TPSA) is 43.8 Å². The molecule has 22 heavy (non-hydrogen) atoms. The van der Waals surface area contributed by atoms with E-state index in [2.05, 4.69) is 5.10 Å². The SMILES string of the molecule is CCc1c(-c2ccccc2F)nn(Cc2ccccc2)c1N. The van der Waals surface area contributed by atoms with Gasteiger partial charge in [0.15, 0.2) is 0 Å². The molecule has 1 heterocycles. The minimum absolute atomic E-state index is 0.276. The Kier molecular flexibility index (Phi) is 3.92. The van der Waals surface area contributed by atoms with E-state index in [0.717, 1.165) is 11.1 Å². The maximum absolute atomic E-state index is 14.1. The normalized spacial score (nSPS) is 10.8. The lowest BCUT2D eigenvalue weighted by molar-refractivity contribution is 0.629. The van der Waals surface area contributed by atoms with Crippen LogP contribution in [-0.2, 0) is 13.0 Å². The molecule has 0 aliphatic carbocycles. The van der Waals surface area contributed by atoms with Crippen molar-refractivity contribution < 1.29 is 4.39 Å². The molecule has 0 unspecified atom stereocenters. The summed E-state index contributed by atoms with van der Waals surface area (Å²) in [6.07, 6.45) is 0.713. The van der Waals surface area contributed by atoms with E-state index in [1.54, 1.807) is 16.8 Å². The predicted octanol–water partition coefficient (Wildman–Crippen LogP) is 3.88. The molecular weight excluding hydrogens is 277 g/mol. The number of anilines is 1. The second-order valence-electron chi connectivity index (χ2n) is 5.19. The van der Waals surface area contributed by atoms with Gasteiger partial charge in [-0.05, 0) is 24.1 Å². The quantitative estimate of drug-likeness (QED) is 0.793. The first-order valence-corrected chi connectivity index (χ1v) is 7.34. The Morgan fingerprint density at radius 3 is 2.41 bits per heavy atom. The average molecular weight is 295 g/mol. The molecular formula is C18H18FN3. The third-order valence-corrected chi connectivity index (χ3v) is 3.75. The van der Waals surface area contributed by atoms with E-state index in [9.17, 15) is 4.39 Å². The minimum Gasteiger partial charge on any atom is -0.384 e. The van der Waals surface area contributed by atoms with Crippen molar-refractivity contribution in [1.82, 2.24) is 9.78 Å². The smallest absolute Gasteiger partial charge is 0.132 e. The zero-order valence-corrected chi connectivity index (χ0v) is 12.5. The van der Waals surface area contributed by atoms with Crippen molar-refractivity contribution in [3.8, 4) is 11.3 Å². The van der Waals surface area contributed by atoms with Crippen LogP contribution in [0.1, 0.15) is 18.1 Å². The summed E-state index contributed by atoms with van der Waals surface area (Å²) in [5, 5.41) is 4.56. The number of aromatic nitrogens is 2. The van der Waals surface area contributed by atoms with Crippen LogP contribution >= 0.6 is 0 Å². The summed E-state index contributed by atoms with van der Waals surface area (Å²) in [4.78, 5) is 0. The van der Waals surface area contributed by atoms with Crippen LogP contribution in [0.15, 0.2) is 54.6 Å². The first-order valence-electron chi connectivity index (χ1n) is 7.34. The number of benzene rings is 2. The monoisotopic (exact) mass is 295 g/mol. The number of nitrogens with zero attached hydrogens (tertiary/aromatic N) is 2. The minimum atomic E-state index is -0.276. The van der Waals surface area contributed by atoms with Crippen LogP contribution in [0.3, 0.4) is 0 Å². The summed E-state index contributed by atoms with van der Waals surface area (Å²) in [6.45, 7) is 2.58. The number of hydrogen-bond donors (Lipinski definition) is 1. The van der Waals surface area contributed by atoms with Crippen molar-refractivity contribution in [3.05, 3.63) is 71.5 Å². The highest BCUT2D eigenvalue weighted by molar-refractivity contribution is 5.69. The Morgan fingerprint density at radius 1 is 1.05 bits per heavy atom. The van der Waals surface area contributed by atoms with Crippen molar-refractivity contribution in [3.63, 3.8) is 0 Å². The van der Waals surface area contributed by atoms with Crippen LogP contribution in [0.2, 0.25) is 0 Å². The highest BCUT2D eigenvalue weighted by Crippen LogP contribution is 2.29. The summed E-state index contributed by atoms with van der Waals surface area (Å²) in [7, 11) is 0. The highest BCUT2D eigenvalue weighted by Gasteiger charge is 2.18. The van der Waals surface area contributed by atoms with E-state index in [1.165, 1.54) is 6.07 Å². The van der Waals surface area contributed by atoms with E-state index in [-0.39, 0.29) is 5.82 Å². The second-order valence-corrected chi connectivity index (χ2v) is 5.19. The maximum atomic E-state index is 14.1. The molecule has 0 aliphatic rings. The van der Waals surface area contributed by atoms with Gasteiger partial charge in [-0.3, -0.25) is 0 Å². The molecule has 0 saturated heterocycles. The predicted molar refractivity (Wildman–Crippen MR) is 87.0 cm³/mol. The molecule has 0 spiro atoms. The van der Waals surface area contributed by atoms with Crippen LogP contribution < -0.4 is 5.73 Å². The number of halogens is 1. The fraction of sp³-hybridized carbons (Fsp3) is 0.167. The van der Waals surface area contributed by atoms with E-state index in [0.29, 0.717) is 30.0 Å². The molecule has 0 radical (unpaired) electrons. The maximum Gasteiger partial charge on any atom is 0.132 e. The van der Waals surface area contributed by atoms with Crippen molar-refractivity contribution in [1.29, 1.82) is 0 Å². The summed E-state index contributed by atoms with van der Waals surface area (Å²) in [6, 6.07) is 16.6. The zero-order chi connectivity index (χ0) is 15.5. The Bertz CT molecular complexity index is 778. The number of nitrogens with two attached hydrogens (primary N) is 1. The number of rotatable bonds is 4. The Hall–Kier alpha value is -2.62. The average Bonchev–Trinajstić information content (AvgIpc) is 2.85. The largest absolute Gasteiger partial charge is 0.384 e. The van der Waals surface area contributed by atoms with Gasteiger partial charge in [-0.2, -0.15) is 5.10 Å². The number of nitrogen functional groups attached to an aromatic ring is 1. The fourth-order valence-corrected chi connectivity index (χ4v) is 2.61. The Labute approximate surface area is 129 Å². The van der Waals surface area contributed by atoms with Crippen LogP contribution in [0.4, 0.5) is 10.2 Å². The molecule has 2 N–H and O–H groups in total. The highest BCUT2D eigenvalue weighted by atomic mass is 19.1. The molecule has 0 atom stereocenters. The molecule has 4 heteroatoms. The van der Waals surface area contributed by atoms with Crippen molar-refractivity contribution >= 4 is 5.82 Å². The second kappa shape index (κ2) is 6.02. The van der Waals surface area contributed by atoms with Crippen LogP contribution in [0.5, 0.6) is 0 Å². The molecule has 1 aromatic heterocycles. The zero-order valence-electron chi connectivity index (χ0n) is 12.5. The standard InChI is InChI=1S/C18H18FN3/c1-2-14-17(15-10-6-7-11-16(15)19)21-22(18(14)20)12-13-8-4-3-5-9-13/h3-11H,2,12,20H2,1H3. The molecule has 2 aromatic carbocycles. The van der Waals surface area contributed by atoms with Crippen LogP contribution in [0, 0.1) is 5.82 Å². The molecule has 0 aliphatic heterocycles. The van der Waals surface area contributed by atoms with E-state index >= 15 is 0 Å². The first kappa shape index (κ1) is 14.3. The van der Waals surface area contributed by atoms with Gasteiger partial charge in [-0.1, -0.05) is 49.4 Å². The molecule has 0 fully saturated rings. The summed E-state index contributed by atoms with van der Waals surface area (Å²) in [5.74, 6) is 0.325. The number of hydrogen-bond acceptors (Lipinski definition) is 2. The third kappa shape index (κ3) is 2.60.